The van der Waals surface area contributed by atoms with E-state index in [0.29, 0.717) is 25.8 Å². The van der Waals surface area contributed by atoms with E-state index in [1.165, 1.54) is 5.56 Å². The van der Waals surface area contributed by atoms with Crippen molar-refractivity contribution >= 4 is 11.8 Å². The van der Waals surface area contributed by atoms with Gasteiger partial charge in [-0.25, -0.2) is 0 Å². The first kappa shape index (κ1) is 29.4. The van der Waals surface area contributed by atoms with Gasteiger partial charge in [0.15, 0.2) is 0 Å². The third kappa shape index (κ3) is 8.20. The molecule has 212 valence electrons. The molecule has 3 aromatic rings. The molecule has 0 heterocycles. The number of ether oxygens (including phenoxy) is 1. The molecule has 1 saturated carbocycles. The Labute approximate surface area is 239 Å². The number of aryl methyl sites for hydroxylation is 1. The molecule has 1 unspecified atom stereocenters. The van der Waals surface area contributed by atoms with Crippen molar-refractivity contribution in [3.63, 3.8) is 0 Å². The first-order valence-corrected chi connectivity index (χ1v) is 14.6. The SMILES string of the molecule is COc1cccc(CN(C(=O)CCc2ccc(C(C)(C)C)cc2)C(Cc2ccccc2)C(=O)NC2CCCC2)c1. The van der Waals surface area contributed by atoms with Gasteiger partial charge >= 0.3 is 0 Å². The summed E-state index contributed by atoms with van der Waals surface area (Å²) in [5, 5.41) is 3.28. The average molecular weight is 541 g/mol. The molecule has 2 amide bonds. The summed E-state index contributed by atoms with van der Waals surface area (Å²) in [6.07, 6.45) is 5.69. The van der Waals surface area contributed by atoms with Crippen molar-refractivity contribution in [2.24, 2.45) is 0 Å². The summed E-state index contributed by atoms with van der Waals surface area (Å²) in [5.74, 6) is 0.644. The van der Waals surface area contributed by atoms with Gasteiger partial charge < -0.3 is 15.0 Å². The molecule has 0 spiro atoms. The van der Waals surface area contributed by atoms with Crippen LogP contribution in [0.2, 0.25) is 0 Å². The lowest BCUT2D eigenvalue weighted by Crippen LogP contribution is -2.52. The van der Waals surface area contributed by atoms with Gasteiger partial charge in [-0.05, 0) is 59.1 Å². The lowest BCUT2D eigenvalue weighted by atomic mass is 9.86. The molecular weight excluding hydrogens is 496 g/mol. The van der Waals surface area contributed by atoms with Crippen LogP contribution >= 0.6 is 0 Å². The van der Waals surface area contributed by atoms with Crippen molar-refractivity contribution in [3.8, 4) is 5.75 Å². The number of carbonyl (C=O) groups is 2. The predicted molar refractivity (Wildman–Crippen MR) is 161 cm³/mol. The van der Waals surface area contributed by atoms with Crippen molar-refractivity contribution in [2.45, 2.75) is 89.8 Å². The highest BCUT2D eigenvalue weighted by Crippen LogP contribution is 2.24. The topological polar surface area (TPSA) is 58.6 Å². The second-order valence-corrected chi connectivity index (χ2v) is 12.0. The van der Waals surface area contributed by atoms with Gasteiger partial charge in [0.1, 0.15) is 11.8 Å². The smallest absolute Gasteiger partial charge is 0.243 e. The number of rotatable bonds is 11. The van der Waals surface area contributed by atoms with Crippen LogP contribution in [-0.4, -0.2) is 35.9 Å². The average Bonchev–Trinajstić information content (AvgIpc) is 3.47. The Morgan fingerprint density at radius 2 is 1.57 bits per heavy atom. The van der Waals surface area contributed by atoms with Gasteiger partial charge in [0.2, 0.25) is 11.8 Å². The minimum absolute atomic E-state index is 0.0229. The highest BCUT2D eigenvalue weighted by Gasteiger charge is 2.32. The van der Waals surface area contributed by atoms with E-state index in [9.17, 15) is 9.59 Å². The van der Waals surface area contributed by atoms with Gasteiger partial charge in [-0.15, -0.1) is 0 Å². The molecule has 1 atom stereocenters. The predicted octanol–water partition coefficient (Wildman–Crippen LogP) is 6.62. The summed E-state index contributed by atoms with van der Waals surface area (Å²) in [5.41, 5.74) is 4.45. The fraction of sp³-hybridized carbons (Fsp3) is 0.429. The standard InChI is InChI=1S/C35H44N2O3/c1-35(2,3)29-20-17-26(18-21-29)19-22-33(38)37(25-28-13-10-16-31(23-28)40-4)32(24-27-11-6-5-7-12-27)34(39)36-30-14-8-9-15-30/h5-7,10-13,16-18,20-21,23,30,32H,8-9,14-15,19,22,24-25H2,1-4H3,(H,36,39). The van der Waals surface area contributed by atoms with Gasteiger partial charge in [0.25, 0.3) is 0 Å². The fourth-order valence-corrected chi connectivity index (χ4v) is 5.46. The van der Waals surface area contributed by atoms with Gasteiger partial charge in [0.05, 0.1) is 7.11 Å². The highest BCUT2D eigenvalue weighted by molar-refractivity contribution is 5.88. The zero-order valence-electron chi connectivity index (χ0n) is 24.5. The number of methoxy groups -OCH3 is 1. The summed E-state index contributed by atoms with van der Waals surface area (Å²) in [4.78, 5) is 29.6. The van der Waals surface area contributed by atoms with Gasteiger partial charge in [0, 0.05) is 25.4 Å². The lowest BCUT2D eigenvalue weighted by molar-refractivity contribution is -0.141. The van der Waals surface area contributed by atoms with Crippen molar-refractivity contribution < 1.29 is 14.3 Å². The number of benzene rings is 3. The maximum absolute atomic E-state index is 14.0. The van der Waals surface area contributed by atoms with Crippen LogP contribution in [0.3, 0.4) is 0 Å². The maximum Gasteiger partial charge on any atom is 0.243 e. The van der Waals surface area contributed by atoms with E-state index >= 15 is 0 Å². The van der Waals surface area contributed by atoms with Crippen LogP contribution in [0.4, 0.5) is 0 Å². The molecule has 4 rings (SSSR count). The molecule has 0 aromatic heterocycles. The normalized spacial score (nSPS) is 14.5. The Hall–Kier alpha value is -3.60. The molecular formula is C35H44N2O3. The van der Waals surface area contributed by atoms with Crippen LogP contribution in [0.5, 0.6) is 5.75 Å². The van der Waals surface area contributed by atoms with Crippen LogP contribution in [0.25, 0.3) is 0 Å². The third-order valence-electron chi connectivity index (χ3n) is 7.91. The fourth-order valence-electron chi connectivity index (χ4n) is 5.46. The number of nitrogens with zero attached hydrogens (tertiary/aromatic N) is 1. The van der Waals surface area contributed by atoms with E-state index in [0.717, 1.165) is 48.1 Å². The second-order valence-electron chi connectivity index (χ2n) is 12.0. The Morgan fingerprint density at radius 3 is 2.23 bits per heavy atom. The Bertz CT molecular complexity index is 1240. The third-order valence-corrected chi connectivity index (χ3v) is 7.91. The summed E-state index contributed by atoms with van der Waals surface area (Å²) >= 11 is 0. The molecule has 3 aromatic carbocycles. The number of nitrogens with one attached hydrogen (secondary N) is 1. The first-order valence-electron chi connectivity index (χ1n) is 14.6. The van der Waals surface area contributed by atoms with Crippen molar-refractivity contribution in [2.75, 3.05) is 7.11 Å². The maximum atomic E-state index is 14.0. The van der Waals surface area contributed by atoms with Crippen LogP contribution in [0.1, 0.15) is 75.1 Å². The van der Waals surface area contributed by atoms with Crippen molar-refractivity contribution in [3.05, 3.63) is 101 Å². The number of amides is 2. The molecule has 1 aliphatic carbocycles. The summed E-state index contributed by atoms with van der Waals surface area (Å²) in [7, 11) is 1.64. The van der Waals surface area contributed by atoms with Crippen LogP contribution in [0, 0.1) is 0 Å². The number of carbonyl (C=O) groups excluding carboxylic acids is 2. The van der Waals surface area contributed by atoms with E-state index in [-0.39, 0.29) is 23.3 Å². The van der Waals surface area contributed by atoms with Gasteiger partial charge in [-0.1, -0.05) is 100 Å². The summed E-state index contributed by atoms with van der Waals surface area (Å²) < 4.78 is 5.45. The van der Waals surface area contributed by atoms with Gasteiger partial charge in [-0.3, -0.25) is 9.59 Å². The number of hydrogen-bond acceptors (Lipinski definition) is 3. The molecule has 1 aliphatic rings. The van der Waals surface area contributed by atoms with E-state index in [1.54, 1.807) is 12.0 Å². The van der Waals surface area contributed by atoms with Crippen molar-refractivity contribution in [1.82, 2.24) is 10.2 Å². The minimum atomic E-state index is -0.607. The molecule has 0 saturated heterocycles. The zero-order valence-corrected chi connectivity index (χ0v) is 24.5. The zero-order chi connectivity index (χ0) is 28.5. The van der Waals surface area contributed by atoms with E-state index in [4.69, 9.17) is 4.74 Å². The highest BCUT2D eigenvalue weighted by atomic mass is 16.5. The number of hydrogen-bond donors (Lipinski definition) is 1. The monoisotopic (exact) mass is 540 g/mol. The molecule has 5 heteroatoms. The lowest BCUT2D eigenvalue weighted by Gasteiger charge is -2.32. The first-order chi connectivity index (χ1) is 19.2. The molecule has 40 heavy (non-hydrogen) atoms. The van der Waals surface area contributed by atoms with Gasteiger partial charge in [-0.2, -0.15) is 0 Å². The van der Waals surface area contributed by atoms with E-state index in [1.807, 2.05) is 54.6 Å². The van der Waals surface area contributed by atoms with Crippen LogP contribution < -0.4 is 10.1 Å². The molecule has 0 aliphatic heterocycles. The molecule has 1 N–H and O–H groups in total. The summed E-state index contributed by atoms with van der Waals surface area (Å²) in [6, 6.07) is 25.9. The molecule has 0 bridgehead atoms. The molecule has 5 nitrogen and oxygen atoms in total. The van der Waals surface area contributed by atoms with Crippen LogP contribution in [-0.2, 0) is 34.4 Å². The Kier molecular flexibility index (Phi) is 10.0. The Balaban J connectivity index is 1.60. The van der Waals surface area contributed by atoms with Crippen molar-refractivity contribution in [1.29, 1.82) is 0 Å². The minimum Gasteiger partial charge on any atom is -0.497 e. The van der Waals surface area contributed by atoms with Crippen LogP contribution in [0.15, 0.2) is 78.9 Å². The molecule has 1 fully saturated rings. The summed E-state index contributed by atoms with van der Waals surface area (Å²) in [6.45, 7) is 6.94. The quantitative estimate of drug-likeness (QED) is 0.297. The Morgan fingerprint density at radius 1 is 0.900 bits per heavy atom. The second kappa shape index (κ2) is 13.6. The van der Waals surface area contributed by atoms with E-state index < -0.39 is 6.04 Å². The van der Waals surface area contributed by atoms with E-state index in [2.05, 4.69) is 50.4 Å². The largest absolute Gasteiger partial charge is 0.497 e. The molecule has 0 radical (unpaired) electrons.